The van der Waals surface area contributed by atoms with Crippen molar-refractivity contribution in [3.8, 4) is 0 Å². The van der Waals surface area contributed by atoms with E-state index in [0.29, 0.717) is 6.04 Å². The van der Waals surface area contributed by atoms with E-state index in [4.69, 9.17) is 0 Å². The normalized spacial score (nSPS) is 12.1. The molecule has 2 aromatic carbocycles. The highest BCUT2D eigenvalue weighted by molar-refractivity contribution is 5.47. The standard InChI is InChI=1S/C19H26N2/c1-20-19(14-7-11-16-9-5-4-6-10-16)17-12-8-13-18(15-17)21(2)3/h4-6,8-10,12-13,15,19-20H,7,11,14H2,1-3H3. The number of rotatable bonds is 7. The Balaban J connectivity index is 1.95. The van der Waals surface area contributed by atoms with E-state index in [-0.39, 0.29) is 0 Å². The highest BCUT2D eigenvalue weighted by Gasteiger charge is 2.10. The van der Waals surface area contributed by atoms with Crippen LogP contribution in [0.2, 0.25) is 0 Å². The van der Waals surface area contributed by atoms with Crippen molar-refractivity contribution in [2.24, 2.45) is 0 Å². The summed E-state index contributed by atoms with van der Waals surface area (Å²) in [5.74, 6) is 0. The first-order chi connectivity index (χ1) is 10.2. The molecule has 2 rings (SSSR count). The van der Waals surface area contributed by atoms with Crippen molar-refractivity contribution < 1.29 is 0 Å². The third kappa shape index (κ3) is 4.61. The molecule has 21 heavy (non-hydrogen) atoms. The van der Waals surface area contributed by atoms with Crippen LogP contribution in [-0.4, -0.2) is 21.1 Å². The second-order valence-electron chi connectivity index (χ2n) is 5.71. The van der Waals surface area contributed by atoms with Gasteiger partial charge < -0.3 is 10.2 Å². The first kappa shape index (κ1) is 15.6. The fraction of sp³-hybridized carbons (Fsp3) is 0.368. The summed E-state index contributed by atoms with van der Waals surface area (Å²) in [6.07, 6.45) is 3.50. The highest BCUT2D eigenvalue weighted by Crippen LogP contribution is 2.23. The molecule has 1 unspecified atom stereocenters. The van der Waals surface area contributed by atoms with E-state index < -0.39 is 0 Å². The average molecular weight is 282 g/mol. The topological polar surface area (TPSA) is 15.3 Å². The van der Waals surface area contributed by atoms with Gasteiger partial charge >= 0.3 is 0 Å². The Morgan fingerprint density at radius 1 is 1.00 bits per heavy atom. The molecule has 0 aliphatic carbocycles. The van der Waals surface area contributed by atoms with Gasteiger partial charge in [-0.15, -0.1) is 0 Å². The van der Waals surface area contributed by atoms with Crippen LogP contribution in [0.15, 0.2) is 54.6 Å². The fourth-order valence-corrected chi connectivity index (χ4v) is 2.65. The summed E-state index contributed by atoms with van der Waals surface area (Å²) in [7, 11) is 6.22. The van der Waals surface area contributed by atoms with Gasteiger partial charge in [-0.25, -0.2) is 0 Å². The van der Waals surface area contributed by atoms with Crippen molar-refractivity contribution in [1.82, 2.24) is 5.32 Å². The van der Waals surface area contributed by atoms with Gasteiger partial charge in [0.1, 0.15) is 0 Å². The molecule has 0 aliphatic rings. The third-order valence-electron chi connectivity index (χ3n) is 3.94. The zero-order chi connectivity index (χ0) is 15.1. The van der Waals surface area contributed by atoms with Gasteiger partial charge in [-0.2, -0.15) is 0 Å². The molecule has 0 aromatic heterocycles. The van der Waals surface area contributed by atoms with Crippen LogP contribution in [0.25, 0.3) is 0 Å². The van der Waals surface area contributed by atoms with E-state index in [2.05, 4.69) is 86.0 Å². The Bertz CT molecular complexity index is 534. The van der Waals surface area contributed by atoms with Crippen molar-refractivity contribution in [2.45, 2.75) is 25.3 Å². The van der Waals surface area contributed by atoms with Crippen molar-refractivity contribution in [1.29, 1.82) is 0 Å². The van der Waals surface area contributed by atoms with E-state index in [1.165, 1.54) is 23.2 Å². The number of benzene rings is 2. The van der Waals surface area contributed by atoms with Gasteiger partial charge in [0.25, 0.3) is 0 Å². The molecule has 2 heteroatoms. The number of hydrogen-bond acceptors (Lipinski definition) is 2. The Hall–Kier alpha value is -1.80. The molecule has 1 N–H and O–H groups in total. The minimum Gasteiger partial charge on any atom is -0.378 e. The largest absolute Gasteiger partial charge is 0.378 e. The maximum absolute atomic E-state index is 3.45. The zero-order valence-electron chi connectivity index (χ0n) is 13.3. The quantitative estimate of drug-likeness (QED) is 0.824. The fourth-order valence-electron chi connectivity index (χ4n) is 2.65. The number of nitrogens with one attached hydrogen (secondary N) is 1. The minimum absolute atomic E-state index is 0.425. The molecule has 0 bridgehead atoms. The Morgan fingerprint density at radius 2 is 1.76 bits per heavy atom. The van der Waals surface area contributed by atoms with E-state index in [1.807, 2.05) is 0 Å². The van der Waals surface area contributed by atoms with Gasteiger partial charge in [0.2, 0.25) is 0 Å². The Kier molecular flexibility index (Phi) is 5.82. The molecule has 0 heterocycles. The van der Waals surface area contributed by atoms with Crippen LogP contribution in [0.5, 0.6) is 0 Å². The molecule has 0 radical (unpaired) electrons. The lowest BCUT2D eigenvalue weighted by molar-refractivity contribution is 0.527. The van der Waals surface area contributed by atoms with Crippen LogP contribution < -0.4 is 10.2 Å². The average Bonchev–Trinajstić information content (AvgIpc) is 2.52. The van der Waals surface area contributed by atoms with Crippen LogP contribution in [0.4, 0.5) is 5.69 Å². The Labute approximate surface area is 128 Å². The zero-order valence-corrected chi connectivity index (χ0v) is 13.3. The van der Waals surface area contributed by atoms with E-state index in [9.17, 15) is 0 Å². The van der Waals surface area contributed by atoms with Crippen molar-refractivity contribution in [3.63, 3.8) is 0 Å². The van der Waals surface area contributed by atoms with Gasteiger partial charge in [0.15, 0.2) is 0 Å². The summed E-state index contributed by atoms with van der Waals surface area (Å²) >= 11 is 0. The summed E-state index contributed by atoms with van der Waals surface area (Å²) < 4.78 is 0. The van der Waals surface area contributed by atoms with Crippen molar-refractivity contribution in [2.75, 3.05) is 26.0 Å². The summed E-state index contributed by atoms with van der Waals surface area (Å²) in [6.45, 7) is 0. The highest BCUT2D eigenvalue weighted by atomic mass is 15.1. The van der Waals surface area contributed by atoms with Crippen molar-refractivity contribution >= 4 is 5.69 Å². The van der Waals surface area contributed by atoms with E-state index >= 15 is 0 Å². The van der Waals surface area contributed by atoms with Crippen molar-refractivity contribution in [3.05, 3.63) is 65.7 Å². The second kappa shape index (κ2) is 7.84. The first-order valence-electron chi connectivity index (χ1n) is 7.69. The smallest absolute Gasteiger partial charge is 0.0364 e. The third-order valence-corrected chi connectivity index (χ3v) is 3.94. The van der Waals surface area contributed by atoms with Gasteiger partial charge in [-0.3, -0.25) is 0 Å². The summed E-state index contributed by atoms with van der Waals surface area (Å²) in [6, 6.07) is 20.0. The molecule has 0 spiro atoms. The van der Waals surface area contributed by atoms with Gasteiger partial charge in [0.05, 0.1) is 0 Å². The molecular formula is C19H26N2. The molecule has 0 aliphatic heterocycles. The molecular weight excluding hydrogens is 256 g/mol. The molecule has 2 aromatic rings. The summed E-state index contributed by atoms with van der Waals surface area (Å²) in [4.78, 5) is 2.15. The molecule has 0 amide bonds. The molecule has 0 fully saturated rings. The molecule has 1 atom stereocenters. The molecule has 0 saturated heterocycles. The monoisotopic (exact) mass is 282 g/mol. The molecule has 2 nitrogen and oxygen atoms in total. The lowest BCUT2D eigenvalue weighted by Gasteiger charge is -2.20. The minimum atomic E-state index is 0.425. The van der Waals surface area contributed by atoms with Gasteiger partial charge in [-0.1, -0.05) is 42.5 Å². The van der Waals surface area contributed by atoms with Crippen LogP contribution in [0.1, 0.15) is 30.0 Å². The number of anilines is 1. The van der Waals surface area contributed by atoms with Crippen LogP contribution >= 0.6 is 0 Å². The predicted molar refractivity (Wildman–Crippen MR) is 91.9 cm³/mol. The number of aryl methyl sites for hydroxylation is 1. The molecule has 0 saturated carbocycles. The van der Waals surface area contributed by atoms with Crippen LogP contribution in [0.3, 0.4) is 0 Å². The van der Waals surface area contributed by atoms with Crippen LogP contribution in [0, 0.1) is 0 Å². The second-order valence-corrected chi connectivity index (χ2v) is 5.71. The number of hydrogen-bond donors (Lipinski definition) is 1. The summed E-state index contributed by atoms with van der Waals surface area (Å²) in [5, 5.41) is 3.45. The predicted octanol–water partition coefficient (Wildman–Crippen LogP) is 4.04. The lowest BCUT2D eigenvalue weighted by atomic mass is 9.98. The number of nitrogens with zero attached hydrogens (tertiary/aromatic N) is 1. The Morgan fingerprint density at radius 3 is 2.43 bits per heavy atom. The maximum Gasteiger partial charge on any atom is 0.0364 e. The molecule has 112 valence electrons. The first-order valence-corrected chi connectivity index (χ1v) is 7.69. The van der Waals surface area contributed by atoms with E-state index in [0.717, 1.165) is 12.8 Å². The van der Waals surface area contributed by atoms with Crippen LogP contribution in [-0.2, 0) is 6.42 Å². The summed E-state index contributed by atoms with van der Waals surface area (Å²) in [5.41, 5.74) is 4.06. The lowest BCUT2D eigenvalue weighted by Crippen LogP contribution is -2.17. The SMILES string of the molecule is CNC(CCCc1ccccc1)c1cccc(N(C)C)c1. The van der Waals surface area contributed by atoms with E-state index in [1.54, 1.807) is 0 Å². The maximum atomic E-state index is 3.45. The van der Waals surface area contributed by atoms with Gasteiger partial charge in [0, 0.05) is 25.8 Å². The van der Waals surface area contributed by atoms with Gasteiger partial charge in [-0.05, 0) is 49.6 Å².